The number of halogens is 1. The highest BCUT2D eigenvalue weighted by Crippen LogP contribution is 2.32. The maximum absolute atomic E-state index is 13.5. The highest BCUT2D eigenvalue weighted by molar-refractivity contribution is 7.99. The molecule has 0 saturated heterocycles. The summed E-state index contributed by atoms with van der Waals surface area (Å²) in [6.07, 6.45) is 2.49. The zero-order chi connectivity index (χ0) is 14.8. The maximum Gasteiger partial charge on any atom is 0.123 e. The molecule has 1 N–H and O–H groups in total. The number of benzene rings is 2. The molecule has 2 aromatic carbocycles. The maximum atomic E-state index is 13.5. The minimum atomic E-state index is -0.160. The van der Waals surface area contributed by atoms with Crippen LogP contribution in [0.2, 0.25) is 0 Å². The molecule has 0 bridgehead atoms. The summed E-state index contributed by atoms with van der Waals surface area (Å²) in [5.74, 6) is -0.160. The zero-order valence-electron chi connectivity index (χ0n) is 12.4. The Kier molecular flexibility index (Phi) is 4.32. The first kappa shape index (κ1) is 14.6. The number of hydrogen-bond donors (Lipinski definition) is 1. The molecule has 1 aliphatic carbocycles. The van der Waals surface area contributed by atoms with Crippen molar-refractivity contribution in [1.29, 1.82) is 0 Å². The number of rotatable bonds is 5. The Bertz CT molecular complexity index is 650. The van der Waals surface area contributed by atoms with Gasteiger partial charge in [-0.15, -0.1) is 0 Å². The summed E-state index contributed by atoms with van der Waals surface area (Å²) >= 11 is 1.71. The molecule has 0 spiro atoms. The standard InChI is InChI=1S/C18H20FNS/c1-12-3-7-17(9-13(12)2)21-18-8-4-15(19)10-14(18)11-20-16-5-6-16/h3-4,7-10,16,20H,5-6,11H2,1-2H3. The smallest absolute Gasteiger partial charge is 0.123 e. The van der Waals surface area contributed by atoms with E-state index in [1.54, 1.807) is 23.9 Å². The lowest BCUT2D eigenvalue weighted by Gasteiger charge is -2.11. The molecule has 0 amide bonds. The van der Waals surface area contributed by atoms with Crippen LogP contribution < -0.4 is 5.32 Å². The number of nitrogens with one attached hydrogen (secondary N) is 1. The summed E-state index contributed by atoms with van der Waals surface area (Å²) in [5, 5.41) is 3.47. The van der Waals surface area contributed by atoms with Crippen LogP contribution in [-0.2, 0) is 6.54 Å². The van der Waals surface area contributed by atoms with E-state index in [9.17, 15) is 4.39 Å². The Morgan fingerprint density at radius 3 is 2.62 bits per heavy atom. The second kappa shape index (κ2) is 6.20. The lowest BCUT2D eigenvalue weighted by molar-refractivity contribution is 0.616. The molecule has 1 saturated carbocycles. The average molecular weight is 301 g/mol. The van der Waals surface area contributed by atoms with Gasteiger partial charge in [-0.3, -0.25) is 0 Å². The van der Waals surface area contributed by atoms with Gasteiger partial charge in [0.25, 0.3) is 0 Å². The van der Waals surface area contributed by atoms with Gasteiger partial charge in [0.1, 0.15) is 5.82 Å². The van der Waals surface area contributed by atoms with Gasteiger partial charge < -0.3 is 5.32 Å². The summed E-state index contributed by atoms with van der Waals surface area (Å²) < 4.78 is 13.5. The highest BCUT2D eigenvalue weighted by atomic mass is 32.2. The third-order valence-corrected chi connectivity index (χ3v) is 5.00. The third kappa shape index (κ3) is 3.86. The Labute approximate surface area is 130 Å². The largest absolute Gasteiger partial charge is 0.310 e. The second-order valence-corrected chi connectivity index (χ2v) is 6.87. The van der Waals surface area contributed by atoms with Crippen LogP contribution in [0.25, 0.3) is 0 Å². The van der Waals surface area contributed by atoms with Crippen molar-refractivity contribution < 1.29 is 4.39 Å². The van der Waals surface area contributed by atoms with Crippen molar-refractivity contribution >= 4 is 11.8 Å². The first-order valence-electron chi connectivity index (χ1n) is 7.39. The Hall–Kier alpha value is -1.32. The van der Waals surface area contributed by atoms with Crippen LogP contribution in [0.15, 0.2) is 46.2 Å². The summed E-state index contributed by atoms with van der Waals surface area (Å²) in [5.41, 5.74) is 3.64. The summed E-state index contributed by atoms with van der Waals surface area (Å²) in [4.78, 5) is 2.34. The van der Waals surface area contributed by atoms with E-state index >= 15 is 0 Å². The molecule has 3 heteroatoms. The van der Waals surface area contributed by atoms with Crippen molar-refractivity contribution in [2.45, 2.75) is 49.1 Å². The fourth-order valence-corrected chi connectivity index (χ4v) is 3.26. The van der Waals surface area contributed by atoms with Gasteiger partial charge in [-0.25, -0.2) is 4.39 Å². The van der Waals surface area contributed by atoms with Crippen molar-refractivity contribution in [1.82, 2.24) is 5.32 Å². The van der Waals surface area contributed by atoms with Crippen LogP contribution >= 0.6 is 11.8 Å². The molecule has 110 valence electrons. The molecule has 0 heterocycles. The summed E-state index contributed by atoms with van der Waals surface area (Å²) in [6.45, 7) is 4.99. The molecule has 0 unspecified atom stereocenters. The van der Waals surface area contributed by atoms with Crippen molar-refractivity contribution in [3.05, 3.63) is 58.9 Å². The Balaban J connectivity index is 1.80. The van der Waals surface area contributed by atoms with Gasteiger partial charge in [0, 0.05) is 22.4 Å². The minimum Gasteiger partial charge on any atom is -0.310 e. The van der Waals surface area contributed by atoms with Crippen molar-refractivity contribution in [2.24, 2.45) is 0 Å². The van der Waals surface area contributed by atoms with E-state index in [4.69, 9.17) is 0 Å². The molecule has 1 fully saturated rings. The quantitative estimate of drug-likeness (QED) is 0.847. The van der Waals surface area contributed by atoms with Gasteiger partial charge in [-0.05, 0) is 73.7 Å². The van der Waals surface area contributed by atoms with Crippen LogP contribution in [0, 0.1) is 19.7 Å². The molecule has 0 radical (unpaired) electrons. The van der Waals surface area contributed by atoms with Crippen molar-refractivity contribution in [2.75, 3.05) is 0 Å². The molecule has 0 atom stereocenters. The summed E-state index contributed by atoms with van der Waals surface area (Å²) in [7, 11) is 0. The monoisotopic (exact) mass is 301 g/mol. The highest BCUT2D eigenvalue weighted by Gasteiger charge is 2.20. The van der Waals surface area contributed by atoms with E-state index < -0.39 is 0 Å². The molecular formula is C18H20FNS. The first-order valence-corrected chi connectivity index (χ1v) is 8.20. The molecule has 21 heavy (non-hydrogen) atoms. The van der Waals surface area contributed by atoms with E-state index in [1.165, 1.54) is 28.9 Å². The lowest BCUT2D eigenvalue weighted by Crippen LogP contribution is -2.15. The normalized spacial score (nSPS) is 14.4. The average Bonchev–Trinajstić information content (AvgIpc) is 3.27. The predicted molar refractivity (Wildman–Crippen MR) is 86.3 cm³/mol. The minimum absolute atomic E-state index is 0.160. The van der Waals surface area contributed by atoms with Crippen LogP contribution in [0.1, 0.15) is 29.5 Å². The summed E-state index contributed by atoms with van der Waals surface area (Å²) in [6, 6.07) is 12.2. The van der Waals surface area contributed by atoms with Crippen molar-refractivity contribution in [3.63, 3.8) is 0 Å². The van der Waals surface area contributed by atoms with E-state index in [2.05, 4.69) is 37.4 Å². The van der Waals surface area contributed by atoms with E-state index in [-0.39, 0.29) is 5.82 Å². The van der Waals surface area contributed by atoms with Crippen LogP contribution in [0.4, 0.5) is 4.39 Å². The molecular weight excluding hydrogens is 281 g/mol. The third-order valence-electron chi connectivity index (χ3n) is 3.89. The van der Waals surface area contributed by atoms with E-state index in [0.29, 0.717) is 6.04 Å². The van der Waals surface area contributed by atoms with Gasteiger partial charge >= 0.3 is 0 Å². The number of hydrogen-bond acceptors (Lipinski definition) is 2. The molecule has 0 aliphatic heterocycles. The molecule has 3 rings (SSSR count). The molecule has 1 nitrogen and oxygen atoms in total. The van der Waals surface area contributed by atoms with Crippen molar-refractivity contribution in [3.8, 4) is 0 Å². The van der Waals surface area contributed by atoms with Crippen LogP contribution in [0.5, 0.6) is 0 Å². The van der Waals surface area contributed by atoms with Gasteiger partial charge in [0.05, 0.1) is 0 Å². The van der Waals surface area contributed by atoms with Gasteiger partial charge in [-0.1, -0.05) is 17.8 Å². The SMILES string of the molecule is Cc1ccc(Sc2ccc(F)cc2CNC2CC2)cc1C. The zero-order valence-corrected chi connectivity index (χ0v) is 13.3. The Morgan fingerprint density at radius 2 is 1.90 bits per heavy atom. The van der Waals surface area contributed by atoms with E-state index in [1.807, 2.05) is 6.07 Å². The van der Waals surface area contributed by atoms with Gasteiger partial charge in [0.15, 0.2) is 0 Å². The molecule has 1 aliphatic rings. The lowest BCUT2D eigenvalue weighted by atomic mass is 10.1. The topological polar surface area (TPSA) is 12.0 Å². The fourth-order valence-electron chi connectivity index (χ4n) is 2.23. The fraction of sp³-hybridized carbons (Fsp3) is 0.333. The molecule has 2 aromatic rings. The number of aryl methyl sites for hydroxylation is 2. The second-order valence-electron chi connectivity index (χ2n) is 5.76. The van der Waals surface area contributed by atoms with Gasteiger partial charge in [-0.2, -0.15) is 0 Å². The van der Waals surface area contributed by atoms with Crippen LogP contribution in [0.3, 0.4) is 0 Å². The van der Waals surface area contributed by atoms with Gasteiger partial charge in [0.2, 0.25) is 0 Å². The van der Waals surface area contributed by atoms with Crippen LogP contribution in [-0.4, -0.2) is 6.04 Å². The first-order chi connectivity index (χ1) is 10.1. The molecule has 0 aromatic heterocycles. The predicted octanol–water partition coefficient (Wildman–Crippen LogP) is 4.85. The Morgan fingerprint density at radius 1 is 1.10 bits per heavy atom. The van der Waals surface area contributed by atoms with E-state index in [0.717, 1.165) is 17.0 Å².